The number of nitrogens with one attached hydrogen (secondary N) is 1. The maximum absolute atomic E-state index is 12.9. The molecule has 0 heterocycles. The molecule has 2 N–H and O–H groups in total. The molecule has 3 rings (SSSR count). The van der Waals surface area contributed by atoms with E-state index in [4.69, 9.17) is 4.74 Å². The molecule has 2 aromatic rings. The summed E-state index contributed by atoms with van der Waals surface area (Å²) in [4.78, 5) is 0.238. The van der Waals surface area contributed by atoms with Gasteiger partial charge in [0.2, 0.25) is 0 Å². The van der Waals surface area contributed by atoms with Crippen molar-refractivity contribution in [3.63, 3.8) is 0 Å². The van der Waals surface area contributed by atoms with Crippen LogP contribution < -0.4 is 10.2 Å². The van der Waals surface area contributed by atoms with Crippen LogP contribution in [0.1, 0.15) is 42.4 Å². The fraction of sp³-hybridized carbons (Fsp3) is 0.417. The van der Waals surface area contributed by atoms with E-state index in [0.29, 0.717) is 12.4 Å². The summed E-state index contributed by atoms with van der Waals surface area (Å²) in [5, 5.41) is 9.56. The lowest BCUT2D eigenvalue weighted by Gasteiger charge is -2.30. The van der Waals surface area contributed by atoms with Crippen LogP contribution in [0.25, 0.3) is 0 Å². The number of hydroxylamine groups is 1. The minimum atomic E-state index is -3.53. The number of hydrogen-bond donors (Lipinski definition) is 2. The first-order valence-corrected chi connectivity index (χ1v) is 12.0. The van der Waals surface area contributed by atoms with Gasteiger partial charge in [-0.25, -0.2) is 13.9 Å². The maximum atomic E-state index is 12.9. The van der Waals surface area contributed by atoms with Crippen LogP contribution in [0.3, 0.4) is 0 Å². The molecule has 1 aliphatic rings. The number of allylic oxidation sites excluding steroid dienone is 1. The van der Waals surface area contributed by atoms with E-state index in [2.05, 4.69) is 30.3 Å². The summed E-state index contributed by atoms with van der Waals surface area (Å²) in [6, 6.07) is 12.3. The summed E-state index contributed by atoms with van der Waals surface area (Å²) < 4.78 is 31.6. The lowest BCUT2D eigenvalue weighted by atomic mass is 9.83. The minimum absolute atomic E-state index is 0.121. The van der Waals surface area contributed by atoms with Crippen molar-refractivity contribution in [3.05, 3.63) is 71.3 Å². The summed E-state index contributed by atoms with van der Waals surface area (Å²) in [6.07, 6.45) is 3.46. The summed E-state index contributed by atoms with van der Waals surface area (Å²) in [7, 11) is -3.53. The highest BCUT2D eigenvalue weighted by molar-refractivity contribution is 7.91. The Bertz CT molecular complexity index is 953. The predicted octanol–water partition coefficient (Wildman–Crippen LogP) is 4.75. The van der Waals surface area contributed by atoms with Gasteiger partial charge in [0, 0.05) is 6.04 Å². The van der Waals surface area contributed by atoms with Gasteiger partial charge in [-0.05, 0) is 75.3 Å². The third-order valence-electron chi connectivity index (χ3n) is 5.74. The highest BCUT2D eigenvalue weighted by Gasteiger charge is 2.29. The molecule has 30 heavy (non-hydrogen) atoms. The van der Waals surface area contributed by atoms with Crippen molar-refractivity contribution < 1.29 is 18.4 Å². The molecule has 1 unspecified atom stereocenters. The Morgan fingerprint density at radius 1 is 1.10 bits per heavy atom. The number of aryl methyl sites for hydroxylation is 2. The van der Waals surface area contributed by atoms with Crippen LogP contribution in [-0.2, 0) is 16.4 Å². The molecule has 1 atom stereocenters. The number of sulfone groups is 1. The van der Waals surface area contributed by atoms with E-state index in [-0.39, 0.29) is 16.6 Å². The van der Waals surface area contributed by atoms with Crippen LogP contribution >= 0.6 is 0 Å². The first-order valence-electron chi connectivity index (χ1n) is 10.4. The van der Waals surface area contributed by atoms with Gasteiger partial charge in [0.05, 0.1) is 10.6 Å². The van der Waals surface area contributed by atoms with E-state index in [1.807, 2.05) is 13.8 Å². The van der Waals surface area contributed by atoms with E-state index >= 15 is 0 Å². The van der Waals surface area contributed by atoms with E-state index in [1.54, 1.807) is 24.3 Å². The number of hydrogen-bond acceptors (Lipinski definition) is 5. The van der Waals surface area contributed by atoms with Crippen LogP contribution in [0.4, 0.5) is 0 Å². The van der Waals surface area contributed by atoms with E-state index in [0.717, 1.165) is 31.2 Å². The molecule has 0 radical (unpaired) electrons. The van der Waals surface area contributed by atoms with Crippen molar-refractivity contribution in [2.75, 3.05) is 5.75 Å². The second kappa shape index (κ2) is 9.77. The van der Waals surface area contributed by atoms with Gasteiger partial charge in [-0.2, -0.15) is 0 Å². The zero-order valence-electron chi connectivity index (χ0n) is 17.7. The van der Waals surface area contributed by atoms with Crippen LogP contribution in [0.2, 0.25) is 0 Å². The average molecular weight is 430 g/mol. The lowest BCUT2D eigenvalue weighted by Crippen LogP contribution is -2.41. The molecule has 162 valence electrons. The molecule has 1 fully saturated rings. The molecule has 5 nitrogen and oxygen atoms in total. The Balaban J connectivity index is 1.62. The Kier molecular flexibility index (Phi) is 7.34. The van der Waals surface area contributed by atoms with Gasteiger partial charge in [0.15, 0.2) is 9.84 Å². The fourth-order valence-electron chi connectivity index (χ4n) is 4.12. The van der Waals surface area contributed by atoms with Crippen LogP contribution in [0.15, 0.2) is 59.5 Å². The van der Waals surface area contributed by atoms with E-state index in [9.17, 15) is 13.6 Å². The van der Waals surface area contributed by atoms with Gasteiger partial charge >= 0.3 is 0 Å². The molecule has 0 amide bonds. The van der Waals surface area contributed by atoms with Gasteiger partial charge in [0.1, 0.15) is 12.4 Å². The number of benzene rings is 2. The quantitative estimate of drug-likeness (QED) is 0.468. The van der Waals surface area contributed by atoms with Gasteiger partial charge in [-0.15, -0.1) is 0 Å². The molecule has 0 spiro atoms. The minimum Gasteiger partial charge on any atom is -0.489 e. The Morgan fingerprint density at radius 3 is 2.27 bits per heavy atom. The summed E-state index contributed by atoms with van der Waals surface area (Å²) in [5.41, 5.74) is 6.88. The number of ether oxygens (including phenoxy) is 1. The highest BCUT2D eigenvalue weighted by atomic mass is 32.2. The molecule has 0 aliphatic heterocycles. The molecule has 6 heteroatoms. The Labute approximate surface area is 179 Å². The van der Waals surface area contributed by atoms with Crippen molar-refractivity contribution in [3.8, 4) is 5.75 Å². The predicted molar refractivity (Wildman–Crippen MR) is 119 cm³/mol. The molecule has 1 saturated carbocycles. The zero-order chi connectivity index (χ0) is 21.7. The van der Waals surface area contributed by atoms with Crippen LogP contribution in [0.5, 0.6) is 5.75 Å². The van der Waals surface area contributed by atoms with Crippen LogP contribution in [-0.4, -0.2) is 25.4 Å². The molecule has 2 aromatic carbocycles. The van der Waals surface area contributed by atoms with Crippen molar-refractivity contribution in [2.24, 2.45) is 5.92 Å². The molecule has 0 saturated heterocycles. The largest absolute Gasteiger partial charge is 0.489 e. The van der Waals surface area contributed by atoms with Gasteiger partial charge in [-0.3, -0.25) is 0 Å². The molecule has 1 aliphatic carbocycles. The topological polar surface area (TPSA) is 75.6 Å². The third-order valence-corrected chi connectivity index (χ3v) is 7.53. The second-order valence-electron chi connectivity index (χ2n) is 8.36. The van der Waals surface area contributed by atoms with Crippen molar-refractivity contribution in [1.29, 1.82) is 0 Å². The van der Waals surface area contributed by atoms with Crippen molar-refractivity contribution in [2.45, 2.75) is 57.1 Å². The standard InChI is InChI=1S/C24H31NO4S/c1-17-4-6-21(7-5-17)24(25-26)16-30(27,28)23-10-8-22(9-11-23)29-15-20-13-18(2)12-19(3)14-20/h8-14,21,24-26H,1,4-7,15-16H2,2-3H3. The van der Waals surface area contributed by atoms with Gasteiger partial charge in [0.25, 0.3) is 0 Å². The lowest BCUT2D eigenvalue weighted by molar-refractivity contribution is 0.0980. The Hall–Kier alpha value is -2.15. The summed E-state index contributed by atoms with van der Waals surface area (Å²) in [6.45, 7) is 8.52. The highest BCUT2D eigenvalue weighted by Crippen LogP contribution is 2.30. The van der Waals surface area contributed by atoms with Gasteiger partial charge in [-0.1, -0.05) is 41.5 Å². The second-order valence-corrected chi connectivity index (χ2v) is 10.4. The smallest absolute Gasteiger partial charge is 0.180 e. The number of rotatable bonds is 8. The van der Waals surface area contributed by atoms with Crippen molar-refractivity contribution in [1.82, 2.24) is 5.48 Å². The van der Waals surface area contributed by atoms with Crippen molar-refractivity contribution >= 4 is 9.84 Å². The van der Waals surface area contributed by atoms with E-state index < -0.39 is 15.9 Å². The van der Waals surface area contributed by atoms with E-state index in [1.165, 1.54) is 16.7 Å². The molecule has 0 bridgehead atoms. The average Bonchev–Trinajstić information content (AvgIpc) is 2.71. The SMILES string of the molecule is C=C1CCC(C(CS(=O)(=O)c2ccc(OCc3cc(C)cc(C)c3)cc2)NO)CC1. The monoisotopic (exact) mass is 429 g/mol. The van der Waals surface area contributed by atoms with Gasteiger partial charge < -0.3 is 9.94 Å². The third kappa shape index (κ3) is 5.94. The molecule has 0 aromatic heterocycles. The molecular formula is C24H31NO4S. The Morgan fingerprint density at radius 2 is 1.70 bits per heavy atom. The van der Waals surface area contributed by atoms with Crippen LogP contribution in [0, 0.1) is 19.8 Å². The summed E-state index contributed by atoms with van der Waals surface area (Å²) >= 11 is 0. The summed E-state index contributed by atoms with van der Waals surface area (Å²) in [5.74, 6) is 0.607. The first-order chi connectivity index (χ1) is 14.3. The fourth-order valence-corrected chi connectivity index (χ4v) is 5.69. The molecular weight excluding hydrogens is 398 g/mol. The maximum Gasteiger partial charge on any atom is 0.180 e. The first kappa shape index (κ1) is 22.5. The normalized spacial score (nSPS) is 16.4. The zero-order valence-corrected chi connectivity index (χ0v) is 18.5.